The van der Waals surface area contributed by atoms with Gasteiger partial charge in [0.05, 0.1) is 30.0 Å². The van der Waals surface area contributed by atoms with Crippen LogP contribution in [-0.2, 0) is 11.2 Å². The lowest BCUT2D eigenvalue weighted by atomic mass is 10.0. The van der Waals surface area contributed by atoms with Gasteiger partial charge in [-0.3, -0.25) is 9.89 Å². The van der Waals surface area contributed by atoms with Gasteiger partial charge in [-0.05, 0) is 36.6 Å². The van der Waals surface area contributed by atoms with E-state index in [4.69, 9.17) is 0 Å². The molecular weight excluding hydrogens is 371 g/mol. The molecule has 7 nitrogen and oxygen atoms in total. The van der Waals surface area contributed by atoms with Crippen LogP contribution in [0.25, 0.3) is 11.3 Å². The number of rotatable bonds is 5. The van der Waals surface area contributed by atoms with Crippen molar-refractivity contribution in [1.29, 1.82) is 0 Å². The quantitative estimate of drug-likeness (QED) is 0.720. The van der Waals surface area contributed by atoms with Crippen molar-refractivity contribution in [2.75, 3.05) is 25.5 Å². The van der Waals surface area contributed by atoms with Crippen molar-refractivity contribution in [3.8, 4) is 11.3 Å². The van der Waals surface area contributed by atoms with E-state index in [0.29, 0.717) is 18.1 Å². The van der Waals surface area contributed by atoms with Gasteiger partial charge in [0.25, 0.3) is 0 Å². The van der Waals surface area contributed by atoms with E-state index in [1.54, 1.807) is 24.5 Å². The molecule has 1 amide bonds. The number of hydrogen-bond acceptors (Lipinski definition) is 5. The number of hydrogen-bond donors (Lipinski definition) is 1. The highest BCUT2D eigenvalue weighted by Crippen LogP contribution is 2.36. The minimum Gasteiger partial charge on any atom is -0.347 e. The summed E-state index contributed by atoms with van der Waals surface area (Å²) in [5.74, 6) is 0.264. The molecule has 0 unspecified atom stereocenters. The Balaban J connectivity index is 1.59. The van der Waals surface area contributed by atoms with Crippen LogP contribution in [0.1, 0.15) is 30.1 Å². The van der Waals surface area contributed by atoms with Crippen molar-refractivity contribution in [2.24, 2.45) is 0 Å². The van der Waals surface area contributed by atoms with Crippen LogP contribution >= 0.6 is 0 Å². The first-order chi connectivity index (χ1) is 14.0. The zero-order chi connectivity index (χ0) is 20.4. The molecule has 1 aromatic carbocycles. The Morgan fingerprint density at radius 2 is 2.21 bits per heavy atom. The van der Waals surface area contributed by atoms with Crippen molar-refractivity contribution in [1.82, 2.24) is 25.1 Å². The highest BCUT2D eigenvalue weighted by Gasteiger charge is 2.33. The molecule has 0 radical (unpaired) electrons. The van der Waals surface area contributed by atoms with Crippen molar-refractivity contribution >= 4 is 11.9 Å². The summed E-state index contributed by atoms with van der Waals surface area (Å²) >= 11 is 0. The van der Waals surface area contributed by atoms with E-state index >= 15 is 0 Å². The summed E-state index contributed by atoms with van der Waals surface area (Å²) in [6.45, 7) is 0.671. The Hall–Kier alpha value is -3.29. The second-order valence-corrected chi connectivity index (χ2v) is 7.39. The molecule has 1 fully saturated rings. The molecule has 1 saturated heterocycles. The number of halogens is 1. The Morgan fingerprint density at radius 3 is 3.00 bits per heavy atom. The first kappa shape index (κ1) is 19.0. The van der Waals surface area contributed by atoms with E-state index in [1.807, 2.05) is 30.0 Å². The van der Waals surface area contributed by atoms with Crippen LogP contribution in [-0.4, -0.2) is 51.6 Å². The maximum Gasteiger partial charge on any atom is 0.227 e. The molecule has 29 heavy (non-hydrogen) atoms. The van der Waals surface area contributed by atoms with Gasteiger partial charge in [0, 0.05) is 32.4 Å². The fourth-order valence-corrected chi connectivity index (χ4v) is 3.76. The van der Waals surface area contributed by atoms with Gasteiger partial charge in [0.2, 0.25) is 11.9 Å². The van der Waals surface area contributed by atoms with E-state index < -0.39 is 0 Å². The number of nitrogens with one attached hydrogen (secondary N) is 1. The van der Waals surface area contributed by atoms with Gasteiger partial charge in [0.1, 0.15) is 5.82 Å². The van der Waals surface area contributed by atoms with Gasteiger partial charge in [-0.1, -0.05) is 12.1 Å². The smallest absolute Gasteiger partial charge is 0.227 e. The Bertz CT molecular complexity index is 1020. The normalized spacial score (nSPS) is 16.2. The number of carbonyl (C=O) groups is 1. The average molecular weight is 394 g/mol. The van der Waals surface area contributed by atoms with Crippen LogP contribution in [0.4, 0.5) is 10.3 Å². The molecule has 2 aromatic heterocycles. The SMILES string of the molecule is CN(C)c1nccc(-c2cn[nH]c2[C@@H]2CCCN2C(=O)Cc2cccc(F)c2)n1. The van der Waals surface area contributed by atoms with Gasteiger partial charge in [-0.2, -0.15) is 5.10 Å². The van der Waals surface area contributed by atoms with Gasteiger partial charge in [0.15, 0.2) is 0 Å². The lowest BCUT2D eigenvalue weighted by Crippen LogP contribution is -2.32. The van der Waals surface area contributed by atoms with Gasteiger partial charge >= 0.3 is 0 Å². The summed E-state index contributed by atoms with van der Waals surface area (Å²) in [6, 6.07) is 7.93. The topological polar surface area (TPSA) is 78.0 Å². The van der Waals surface area contributed by atoms with Crippen LogP contribution in [0.2, 0.25) is 0 Å². The molecular formula is C21H23FN6O. The second kappa shape index (κ2) is 7.98. The molecule has 3 heterocycles. The van der Waals surface area contributed by atoms with Crippen LogP contribution in [0, 0.1) is 5.82 Å². The van der Waals surface area contributed by atoms with E-state index in [9.17, 15) is 9.18 Å². The molecule has 0 saturated carbocycles. The molecule has 0 bridgehead atoms. The van der Waals surface area contributed by atoms with Crippen LogP contribution in [0.15, 0.2) is 42.7 Å². The summed E-state index contributed by atoms with van der Waals surface area (Å²) in [5, 5.41) is 7.30. The summed E-state index contributed by atoms with van der Waals surface area (Å²) < 4.78 is 13.5. The summed E-state index contributed by atoms with van der Waals surface area (Å²) in [7, 11) is 3.78. The maximum absolute atomic E-state index is 13.5. The van der Waals surface area contributed by atoms with E-state index in [-0.39, 0.29) is 24.2 Å². The molecule has 3 aromatic rings. The van der Waals surface area contributed by atoms with Gasteiger partial charge in [-0.25, -0.2) is 14.4 Å². The van der Waals surface area contributed by atoms with Crippen molar-refractivity contribution in [3.63, 3.8) is 0 Å². The van der Waals surface area contributed by atoms with Crippen LogP contribution in [0.5, 0.6) is 0 Å². The molecule has 1 atom stereocenters. The molecule has 0 spiro atoms. The van der Waals surface area contributed by atoms with Gasteiger partial charge in [-0.15, -0.1) is 0 Å². The number of carbonyl (C=O) groups excluding carboxylic acids is 1. The second-order valence-electron chi connectivity index (χ2n) is 7.39. The molecule has 1 aliphatic rings. The third-order valence-corrected chi connectivity index (χ3v) is 5.14. The van der Waals surface area contributed by atoms with Crippen molar-refractivity contribution in [2.45, 2.75) is 25.3 Å². The lowest BCUT2D eigenvalue weighted by Gasteiger charge is -2.25. The molecule has 8 heteroatoms. The first-order valence-electron chi connectivity index (χ1n) is 9.61. The number of nitrogens with zero attached hydrogens (tertiary/aromatic N) is 5. The average Bonchev–Trinajstić information content (AvgIpc) is 3.37. The monoisotopic (exact) mass is 394 g/mol. The van der Waals surface area contributed by atoms with E-state index in [2.05, 4.69) is 20.2 Å². The van der Waals surface area contributed by atoms with E-state index in [1.165, 1.54) is 12.1 Å². The summed E-state index contributed by atoms with van der Waals surface area (Å²) in [4.78, 5) is 25.5. The Kier molecular flexibility index (Phi) is 5.24. The number of benzene rings is 1. The molecule has 4 rings (SSSR count). The first-order valence-corrected chi connectivity index (χ1v) is 9.61. The largest absolute Gasteiger partial charge is 0.347 e. The zero-order valence-electron chi connectivity index (χ0n) is 16.5. The summed E-state index contributed by atoms with van der Waals surface area (Å²) in [5.41, 5.74) is 3.18. The third-order valence-electron chi connectivity index (χ3n) is 5.14. The highest BCUT2D eigenvalue weighted by molar-refractivity contribution is 5.80. The zero-order valence-corrected chi connectivity index (χ0v) is 16.5. The number of aromatic amines is 1. The number of aromatic nitrogens is 4. The van der Waals surface area contributed by atoms with Crippen LogP contribution < -0.4 is 4.90 Å². The fraction of sp³-hybridized carbons (Fsp3) is 0.333. The summed E-state index contributed by atoms with van der Waals surface area (Å²) in [6.07, 6.45) is 5.39. The van der Waals surface area contributed by atoms with Crippen molar-refractivity contribution in [3.05, 3.63) is 59.8 Å². The Morgan fingerprint density at radius 1 is 1.34 bits per heavy atom. The third kappa shape index (κ3) is 3.96. The fourth-order valence-electron chi connectivity index (χ4n) is 3.76. The maximum atomic E-state index is 13.5. The number of H-pyrrole nitrogens is 1. The lowest BCUT2D eigenvalue weighted by molar-refractivity contribution is -0.131. The van der Waals surface area contributed by atoms with E-state index in [0.717, 1.165) is 29.8 Å². The number of likely N-dealkylation sites (tertiary alicyclic amines) is 1. The Labute approximate surface area is 168 Å². The molecule has 1 aliphatic heterocycles. The highest BCUT2D eigenvalue weighted by atomic mass is 19.1. The minimum atomic E-state index is -0.329. The standard InChI is InChI=1S/C21H23FN6O/c1-27(2)21-23-9-8-17(25-21)16-13-24-26-20(16)18-7-4-10-28(18)19(29)12-14-5-3-6-15(22)11-14/h3,5-6,8-9,11,13,18H,4,7,10,12H2,1-2H3,(H,24,26)/t18-/m0/s1. The minimum absolute atomic E-state index is 0.0182. The van der Waals surface area contributed by atoms with Gasteiger partial charge < -0.3 is 9.80 Å². The molecule has 150 valence electrons. The number of anilines is 1. The molecule has 1 N–H and O–H groups in total. The number of amides is 1. The predicted octanol–water partition coefficient (Wildman–Crippen LogP) is 2.98. The molecule has 0 aliphatic carbocycles. The predicted molar refractivity (Wildman–Crippen MR) is 108 cm³/mol. The van der Waals surface area contributed by atoms with Crippen LogP contribution in [0.3, 0.4) is 0 Å². The van der Waals surface area contributed by atoms with Crippen molar-refractivity contribution < 1.29 is 9.18 Å².